The molecule has 0 fully saturated rings. The second-order valence-electron chi connectivity index (χ2n) is 2.13. The zero-order chi connectivity index (χ0) is 9.40. The largest absolute Gasteiger partial charge is 0.497 e. The van der Waals surface area contributed by atoms with Crippen LogP contribution in [0, 0.1) is 0 Å². The highest BCUT2D eigenvalue weighted by Gasteiger charge is 1.80. The van der Waals surface area contributed by atoms with Crippen molar-refractivity contribution in [2.75, 3.05) is 7.11 Å². The maximum Gasteiger partial charge on any atom is 0.214 e. The summed E-state index contributed by atoms with van der Waals surface area (Å²) in [5, 5.41) is 0. The molecule has 0 radical (unpaired) electrons. The quantitative estimate of drug-likeness (QED) is 0.683. The lowest BCUT2D eigenvalue weighted by Gasteiger charge is -1.93. The average molecular weight is 167 g/mol. The minimum atomic E-state index is -0.333. The Bertz CT molecular complexity index is 217. The zero-order valence-electron chi connectivity index (χ0n) is 7.28. The number of carbonyl (C=O) groups is 1. The van der Waals surface area contributed by atoms with E-state index in [0.29, 0.717) is 0 Å². The maximum atomic E-state index is 9.22. The first-order valence-electron chi connectivity index (χ1n) is 3.52. The molecule has 0 saturated heterocycles. The fourth-order valence-electron chi connectivity index (χ4n) is 0.557. The van der Waals surface area contributed by atoms with Gasteiger partial charge in [0.25, 0.3) is 0 Å². The van der Waals surface area contributed by atoms with Gasteiger partial charge in [0, 0.05) is 6.92 Å². The Kier molecular flexibility index (Phi) is 5.43. The van der Waals surface area contributed by atoms with E-state index in [1.165, 1.54) is 6.92 Å². The Morgan fingerprint density at radius 2 is 1.75 bits per heavy atom. The number of benzene rings is 1. The number of primary amides is 1. The minimum absolute atomic E-state index is 0.333. The van der Waals surface area contributed by atoms with E-state index in [4.69, 9.17) is 4.74 Å². The molecule has 0 aliphatic carbocycles. The van der Waals surface area contributed by atoms with Crippen LogP contribution in [0.1, 0.15) is 6.92 Å². The molecule has 0 heterocycles. The van der Waals surface area contributed by atoms with Crippen LogP contribution in [-0.2, 0) is 4.79 Å². The Balaban J connectivity index is 0.000000261. The SMILES string of the molecule is CC(N)=O.COc1ccccc1. The summed E-state index contributed by atoms with van der Waals surface area (Å²) in [5.41, 5.74) is 4.47. The summed E-state index contributed by atoms with van der Waals surface area (Å²) in [4.78, 5) is 9.22. The number of hydrogen-bond acceptors (Lipinski definition) is 2. The van der Waals surface area contributed by atoms with Gasteiger partial charge in [-0.3, -0.25) is 4.79 Å². The third kappa shape index (κ3) is 6.61. The molecule has 0 bridgehead atoms. The molecular weight excluding hydrogens is 154 g/mol. The fourth-order valence-corrected chi connectivity index (χ4v) is 0.557. The molecule has 0 unspecified atom stereocenters. The lowest BCUT2D eigenvalue weighted by atomic mass is 10.3. The van der Waals surface area contributed by atoms with E-state index in [9.17, 15) is 4.79 Å². The smallest absolute Gasteiger partial charge is 0.214 e. The van der Waals surface area contributed by atoms with E-state index in [1.54, 1.807) is 7.11 Å². The van der Waals surface area contributed by atoms with E-state index in [0.717, 1.165) is 5.75 Å². The van der Waals surface area contributed by atoms with Crippen LogP contribution in [0.2, 0.25) is 0 Å². The molecule has 66 valence electrons. The van der Waals surface area contributed by atoms with Crippen molar-refractivity contribution in [1.29, 1.82) is 0 Å². The van der Waals surface area contributed by atoms with E-state index in [1.807, 2.05) is 30.3 Å². The average Bonchev–Trinajstić information content (AvgIpc) is 2.05. The number of rotatable bonds is 1. The van der Waals surface area contributed by atoms with Crippen LogP contribution in [0.5, 0.6) is 5.75 Å². The van der Waals surface area contributed by atoms with Gasteiger partial charge < -0.3 is 10.5 Å². The number of nitrogens with two attached hydrogens (primary N) is 1. The van der Waals surface area contributed by atoms with Crippen LogP contribution >= 0.6 is 0 Å². The van der Waals surface area contributed by atoms with Crippen LogP contribution in [0.15, 0.2) is 30.3 Å². The molecule has 2 N–H and O–H groups in total. The molecule has 1 aromatic rings. The summed E-state index contributed by atoms with van der Waals surface area (Å²) >= 11 is 0. The zero-order valence-corrected chi connectivity index (χ0v) is 7.28. The first-order valence-corrected chi connectivity index (χ1v) is 3.52. The lowest BCUT2D eigenvalue weighted by Crippen LogP contribution is -2.01. The van der Waals surface area contributed by atoms with Gasteiger partial charge in [-0.15, -0.1) is 0 Å². The molecule has 3 nitrogen and oxygen atoms in total. The van der Waals surface area contributed by atoms with Gasteiger partial charge in [-0.05, 0) is 12.1 Å². The molecule has 0 aromatic heterocycles. The van der Waals surface area contributed by atoms with E-state index < -0.39 is 0 Å². The van der Waals surface area contributed by atoms with Gasteiger partial charge in [-0.25, -0.2) is 0 Å². The number of carbonyl (C=O) groups excluding carboxylic acids is 1. The lowest BCUT2D eigenvalue weighted by molar-refractivity contribution is -0.115. The topological polar surface area (TPSA) is 52.3 Å². The van der Waals surface area contributed by atoms with Gasteiger partial charge in [0.1, 0.15) is 5.75 Å². The van der Waals surface area contributed by atoms with Gasteiger partial charge in [-0.2, -0.15) is 0 Å². The molecule has 1 rings (SSSR count). The van der Waals surface area contributed by atoms with E-state index >= 15 is 0 Å². The number of para-hydroxylation sites is 1. The van der Waals surface area contributed by atoms with Crippen LogP contribution in [0.4, 0.5) is 0 Å². The van der Waals surface area contributed by atoms with Crippen molar-refractivity contribution in [2.24, 2.45) is 5.73 Å². The first-order chi connectivity index (χ1) is 5.66. The highest BCUT2D eigenvalue weighted by atomic mass is 16.5. The third-order valence-corrected chi connectivity index (χ3v) is 0.979. The highest BCUT2D eigenvalue weighted by molar-refractivity contribution is 5.70. The first kappa shape index (κ1) is 10.5. The van der Waals surface area contributed by atoms with E-state index in [-0.39, 0.29) is 5.91 Å². The summed E-state index contributed by atoms with van der Waals surface area (Å²) in [7, 11) is 1.66. The summed E-state index contributed by atoms with van der Waals surface area (Å²) in [6.07, 6.45) is 0. The molecule has 0 saturated carbocycles. The fraction of sp³-hybridized carbons (Fsp3) is 0.222. The monoisotopic (exact) mass is 167 g/mol. The van der Waals surface area contributed by atoms with Crippen LogP contribution in [0.3, 0.4) is 0 Å². The van der Waals surface area contributed by atoms with Crippen LogP contribution in [-0.4, -0.2) is 13.0 Å². The molecule has 3 heteroatoms. The van der Waals surface area contributed by atoms with Crippen LogP contribution < -0.4 is 10.5 Å². The molecule has 0 aliphatic rings. The Morgan fingerprint density at radius 3 is 2.00 bits per heavy atom. The molecule has 12 heavy (non-hydrogen) atoms. The van der Waals surface area contributed by atoms with Gasteiger partial charge >= 0.3 is 0 Å². The Morgan fingerprint density at radius 1 is 1.33 bits per heavy atom. The predicted octanol–water partition coefficient (Wildman–Crippen LogP) is 1.19. The van der Waals surface area contributed by atoms with Gasteiger partial charge in [0.2, 0.25) is 5.91 Å². The third-order valence-electron chi connectivity index (χ3n) is 0.979. The van der Waals surface area contributed by atoms with Crippen molar-refractivity contribution in [3.05, 3.63) is 30.3 Å². The summed E-state index contributed by atoms with van der Waals surface area (Å²) in [6, 6.07) is 9.68. The number of amides is 1. The van der Waals surface area contributed by atoms with E-state index in [2.05, 4.69) is 5.73 Å². The predicted molar refractivity (Wildman–Crippen MR) is 47.9 cm³/mol. The summed E-state index contributed by atoms with van der Waals surface area (Å²) in [6.45, 7) is 1.31. The van der Waals surface area contributed by atoms with Crippen LogP contribution in [0.25, 0.3) is 0 Å². The molecule has 1 aromatic carbocycles. The molecule has 0 atom stereocenters. The number of methoxy groups -OCH3 is 1. The van der Waals surface area contributed by atoms with Crippen molar-refractivity contribution in [2.45, 2.75) is 6.92 Å². The Labute approximate surface area is 72.1 Å². The molecular formula is C9H13NO2. The molecule has 1 amide bonds. The molecule has 0 aliphatic heterocycles. The second kappa shape index (κ2) is 6.22. The summed E-state index contributed by atoms with van der Waals surface area (Å²) < 4.78 is 4.91. The molecule has 0 spiro atoms. The van der Waals surface area contributed by atoms with Crippen molar-refractivity contribution >= 4 is 5.91 Å². The maximum absolute atomic E-state index is 9.22. The van der Waals surface area contributed by atoms with Crippen molar-refractivity contribution in [3.63, 3.8) is 0 Å². The van der Waals surface area contributed by atoms with Crippen molar-refractivity contribution in [1.82, 2.24) is 0 Å². The minimum Gasteiger partial charge on any atom is -0.497 e. The van der Waals surface area contributed by atoms with Gasteiger partial charge in [0.15, 0.2) is 0 Å². The van der Waals surface area contributed by atoms with Crippen molar-refractivity contribution < 1.29 is 9.53 Å². The second-order valence-corrected chi connectivity index (χ2v) is 2.13. The van der Waals surface area contributed by atoms with Gasteiger partial charge in [0.05, 0.1) is 7.11 Å². The van der Waals surface area contributed by atoms with Crippen molar-refractivity contribution in [3.8, 4) is 5.75 Å². The normalized spacial score (nSPS) is 7.83. The summed E-state index contributed by atoms with van der Waals surface area (Å²) in [5.74, 6) is 0.576. The number of hydrogen-bond donors (Lipinski definition) is 1. The Hall–Kier alpha value is -1.51. The highest BCUT2D eigenvalue weighted by Crippen LogP contribution is 2.05. The number of ether oxygens (including phenoxy) is 1. The standard InChI is InChI=1S/C7H8O.C2H5NO/c1-8-7-5-3-2-4-6-7;1-2(3)4/h2-6H,1H3;1H3,(H2,3,4). The van der Waals surface area contributed by atoms with Gasteiger partial charge in [-0.1, -0.05) is 18.2 Å².